The molecule has 0 spiro atoms. The first-order valence-electron chi connectivity index (χ1n) is 8.33. The van der Waals surface area contributed by atoms with Gasteiger partial charge in [0.15, 0.2) is 0 Å². The maximum absolute atomic E-state index is 12.5. The molecule has 0 aliphatic carbocycles. The molecule has 0 aromatic heterocycles. The summed E-state index contributed by atoms with van der Waals surface area (Å²) >= 11 is 0. The fourth-order valence-electron chi connectivity index (χ4n) is 2.43. The van der Waals surface area contributed by atoms with Gasteiger partial charge in [0.2, 0.25) is 0 Å². The molecule has 2 rings (SSSR count). The van der Waals surface area contributed by atoms with Gasteiger partial charge in [0.1, 0.15) is 11.5 Å². The van der Waals surface area contributed by atoms with Crippen molar-refractivity contribution in [2.24, 2.45) is 0 Å². The Bertz CT molecular complexity index is 830. The zero-order chi connectivity index (χ0) is 20.7. The summed E-state index contributed by atoms with van der Waals surface area (Å²) in [6.07, 6.45) is 1.21. The number of carbonyl (C=O) groups is 1. The number of phenolic OH excluding ortho intramolecular Hbond substituents is 1. The number of urea groups is 1. The number of hydrogen-bond donors (Lipinski definition) is 3. The number of non-ortho nitro benzene ring substituents is 1. The van der Waals surface area contributed by atoms with E-state index in [2.05, 4.69) is 15.4 Å². The fourth-order valence-corrected chi connectivity index (χ4v) is 2.43. The number of aromatic hydroxyl groups is 1. The molecule has 8 nitrogen and oxygen atoms in total. The summed E-state index contributed by atoms with van der Waals surface area (Å²) in [7, 11) is 0. The summed E-state index contributed by atoms with van der Waals surface area (Å²) in [4.78, 5) is 22.3. The molecule has 1 unspecified atom stereocenters. The lowest BCUT2D eigenvalue weighted by molar-refractivity contribution is -0.384. The Morgan fingerprint density at radius 3 is 2.54 bits per heavy atom. The van der Waals surface area contributed by atoms with Crippen molar-refractivity contribution in [3.63, 3.8) is 0 Å². The van der Waals surface area contributed by atoms with Gasteiger partial charge in [-0.15, -0.1) is 0 Å². The molecular weight excluding hydrogens is 376 g/mol. The van der Waals surface area contributed by atoms with Crippen molar-refractivity contribution in [1.29, 1.82) is 0 Å². The molecule has 2 aromatic carbocycles. The number of anilines is 1. The van der Waals surface area contributed by atoms with E-state index in [1.54, 1.807) is 31.2 Å². The predicted molar refractivity (Wildman–Crippen MR) is 97.8 cm³/mol. The standard InChI is InChI=1S/C18H19F2N3O5/c1-11(2-3-12-4-7-14(24)8-5-12)21-18(25)22-15-10-13(23(26)27)6-9-16(15)28-17(19)20/h4-11,17,24H,2-3H2,1H3,(H2,21,22,25). The van der Waals surface area contributed by atoms with Gasteiger partial charge in [0.05, 0.1) is 10.6 Å². The molecule has 0 aliphatic rings. The third kappa shape index (κ3) is 6.38. The Balaban J connectivity index is 1.97. The molecule has 28 heavy (non-hydrogen) atoms. The van der Waals surface area contributed by atoms with Crippen molar-refractivity contribution in [1.82, 2.24) is 5.32 Å². The highest BCUT2D eigenvalue weighted by atomic mass is 19.3. The van der Waals surface area contributed by atoms with Crippen LogP contribution in [-0.4, -0.2) is 28.7 Å². The molecule has 0 fully saturated rings. The van der Waals surface area contributed by atoms with E-state index in [0.717, 1.165) is 23.8 Å². The van der Waals surface area contributed by atoms with Crippen LogP contribution in [0.2, 0.25) is 0 Å². The van der Waals surface area contributed by atoms with E-state index < -0.39 is 17.6 Å². The number of phenols is 1. The van der Waals surface area contributed by atoms with Crippen molar-refractivity contribution in [3.8, 4) is 11.5 Å². The number of nitrogens with one attached hydrogen (secondary N) is 2. The quantitative estimate of drug-likeness (QED) is 0.461. The SMILES string of the molecule is CC(CCc1ccc(O)cc1)NC(=O)Nc1cc([N+](=O)[O-])ccc1OC(F)F. The molecule has 0 bridgehead atoms. The maximum atomic E-state index is 12.5. The zero-order valence-electron chi connectivity index (χ0n) is 14.9. The van der Waals surface area contributed by atoms with Gasteiger partial charge in [-0.2, -0.15) is 8.78 Å². The number of carbonyl (C=O) groups excluding carboxylic acids is 1. The monoisotopic (exact) mass is 395 g/mol. The van der Waals surface area contributed by atoms with Gasteiger partial charge < -0.3 is 20.5 Å². The van der Waals surface area contributed by atoms with Gasteiger partial charge in [-0.25, -0.2) is 4.79 Å². The fraction of sp³-hybridized carbons (Fsp3) is 0.278. The molecule has 0 aliphatic heterocycles. The summed E-state index contributed by atoms with van der Waals surface area (Å²) < 4.78 is 29.3. The van der Waals surface area contributed by atoms with Crippen molar-refractivity contribution >= 4 is 17.4 Å². The molecule has 0 radical (unpaired) electrons. The van der Waals surface area contributed by atoms with Gasteiger partial charge in [0, 0.05) is 18.2 Å². The maximum Gasteiger partial charge on any atom is 0.387 e. The second-order valence-corrected chi connectivity index (χ2v) is 6.02. The number of amides is 2. The minimum Gasteiger partial charge on any atom is -0.508 e. The van der Waals surface area contributed by atoms with E-state index in [-0.39, 0.29) is 28.9 Å². The molecule has 2 aromatic rings. The average molecular weight is 395 g/mol. The summed E-state index contributed by atoms with van der Waals surface area (Å²) in [6.45, 7) is -1.39. The van der Waals surface area contributed by atoms with Crippen LogP contribution >= 0.6 is 0 Å². The van der Waals surface area contributed by atoms with Crippen molar-refractivity contribution < 1.29 is 28.3 Å². The van der Waals surface area contributed by atoms with Crippen LogP contribution in [0.5, 0.6) is 11.5 Å². The van der Waals surface area contributed by atoms with E-state index in [1.807, 2.05) is 0 Å². The Labute approximate surface area is 159 Å². The van der Waals surface area contributed by atoms with E-state index in [9.17, 15) is 28.8 Å². The summed E-state index contributed by atoms with van der Waals surface area (Å²) in [6, 6.07) is 8.61. The van der Waals surface area contributed by atoms with Crippen LogP contribution in [0, 0.1) is 10.1 Å². The molecular formula is C18H19F2N3O5. The minimum atomic E-state index is -3.14. The largest absolute Gasteiger partial charge is 0.508 e. The number of nitro groups is 1. The number of alkyl halides is 2. The smallest absolute Gasteiger partial charge is 0.387 e. The van der Waals surface area contributed by atoms with Crippen LogP contribution in [0.1, 0.15) is 18.9 Å². The van der Waals surface area contributed by atoms with Crippen molar-refractivity contribution in [2.45, 2.75) is 32.4 Å². The lowest BCUT2D eigenvalue weighted by Crippen LogP contribution is -2.36. The highest BCUT2D eigenvalue weighted by Gasteiger charge is 2.17. The molecule has 1 atom stereocenters. The van der Waals surface area contributed by atoms with E-state index in [1.165, 1.54) is 0 Å². The highest BCUT2D eigenvalue weighted by Crippen LogP contribution is 2.30. The Kier molecular flexibility index (Phi) is 7.08. The molecule has 150 valence electrons. The normalized spacial score (nSPS) is 11.7. The lowest BCUT2D eigenvalue weighted by Gasteiger charge is -2.16. The first-order valence-corrected chi connectivity index (χ1v) is 8.33. The van der Waals surface area contributed by atoms with Crippen LogP contribution in [0.25, 0.3) is 0 Å². The van der Waals surface area contributed by atoms with Gasteiger partial charge >= 0.3 is 12.6 Å². The third-order valence-corrected chi connectivity index (χ3v) is 3.82. The molecule has 2 amide bonds. The predicted octanol–water partition coefficient (Wildman–Crippen LogP) is 4.04. The van der Waals surface area contributed by atoms with Crippen LogP contribution in [0.3, 0.4) is 0 Å². The Morgan fingerprint density at radius 2 is 1.93 bits per heavy atom. The average Bonchev–Trinajstić information content (AvgIpc) is 2.62. The summed E-state index contributed by atoms with van der Waals surface area (Å²) in [5, 5.41) is 25.1. The van der Waals surface area contributed by atoms with Gasteiger partial charge in [-0.05, 0) is 43.5 Å². The van der Waals surface area contributed by atoms with Gasteiger partial charge in [-0.3, -0.25) is 10.1 Å². The first-order chi connectivity index (χ1) is 13.2. The molecule has 3 N–H and O–H groups in total. The van der Waals surface area contributed by atoms with Gasteiger partial charge in [0.25, 0.3) is 5.69 Å². The second kappa shape index (κ2) is 9.49. The molecule has 0 saturated carbocycles. The number of nitrogens with zero attached hydrogens (tertiary/aromatic N) is 1. The lowest BCUT2D eigenvalue weighted by atomic mass is 10.1. The number of nitro benzene ring substituents is 1. The van der Waals surface area contributed by atoms with E-state index in [4.69, 9.17) is 0 Å². The van der Waals surface area contributed by atoms with Crippen LogP contribution in [0.15, 0.2) is 42.5 Å². The van der Waals surface area contributed by atoms with Crippen molar-refractivity contribution in [3.05, 3.63) is 58.1 Å². The van der Waals surface area contributed by atoms with Crippen molar-refractivity contribution in [2.75, 3.05) is 5.32 Å². The number of hydrogen-bond acceptors (Lipinski definition) is 5. The van der Waals surface area contributed by atoms with Crippen LogP contribution < -0.4 is 15.4 Å². The van der Waals surface area contributed by atoms with Crippen LogP contribution in [-0.2, 0) is 6.42 Å². The van der Waals surface area contributed by atoms with Crippen LogP contribution in [0.4, 0.5) is 25.0 Å². The number of halogens is 2. The summed E-state index contributed by atoms with van der Waals surface area (Å²) in [5.41, 5.74) is 0.355. The Morgan fingerprint density at radius 1 is 1.25 bits per heavy atom. The Hall–Kier alpha value is -3.43. The molecule has 0 heterocycles. The van der Waals surface area contributed by atoms with E-state index in [0.29, 0.717) is 12.8 Å². The molecule has 10 heteroatoms. The topological polar surface area (TPSA) is 114 Å². The number of benzene rings is 2. The second-order valence-electron chi connectivity index (χ2n) is 6.02. The third-order valence-electron chi connectivity index (χ3n) is 3.82. The first kappa shape index (κ1) is 20.9. The number of ether oxygens (including phenoxy) is 1. The minimum absolute atomic E-state index is 0.160. The van der Waals surface area contributed by atoms with E-state index >= 15 is 0 Å². The number of rotatable bonds is 8. The van der Waals surface area contributed by atoms with Gasteiger partial charge in [-0.1, -0.05) is 12.1 Å². The highest BCUT2D eigenvalue weighted by molar-refractivity contribution is 5.91. The zero-order valence-corrected chi connectivity index (χ0v) is 14.9. The summed E-state index contributed by atoms with van der Waals surface area (Å²) in [5.74, 6) is -0.222. The number of aryl methyl sites for hydroxylation is 1. The molecule has 0 saturated heterocycles.